The van der Waals surface area contributed by atoms with Crippen LogP contribution in [0.3, 0.4) is 0 Å². The van der Waals surface area contributed by atoms with Crippen molar-refractivity contribution in [2.45, 2.75) is 32.9 Å². The molecule has 0 saturated carbocycles. The molecule has 2 aromatic heterocycles. The molecular formula is C27H26N4O3. The number of carbonyl (C=O) groups is 2. The molecule has 2 aromatic carbocycles. The number of ether oxygens (including phenoxy) is 1. The van der Waals surface area contributed by atoms with Crippen LogP contribution in [-0.2, 0) is 22.5 Å². The van der Waals surface area contributed by atoms with Gasteiger partial charge in [0.2, 0.25) is 0 Å². The first-order valence-electron chi connectivity index (χ1n) is 11.5. The number of rotatable bonds is 5. The Labute approximate surface area is 198 Å². The number of hydrogen-bond acceptors (Lipinski definition) is 5. The van der Waals surface area contributed by atoms with E-state index in [1.54, 1.807) is 21.8 Å². The number of amides is 1. The summed E-state index contributed by atoms with van der Waals surface area (Å²) in [5, 5.41) is 5.04. The summed E-state index contributed by atoms with van der Waals surface area (Å²) < 4.78 is 7.29. The fourth-order valence-electron chi connectivity index (χ4n) is 4.33. The van der Waals surface area contributed by atoms with Gasteiger partial charge in [0.15, 0.2) is 12.3 Å². The van der Waals surface area contributed by atoms with E-state index in [2.05, 4.69) is 11.2 Å². The molecule has 3 heterocycles. The van der Waals surface area contributed by atoms with Gasteiger partial charge in [-0.1, -0.05) is 54.6 Å². The number of aromatic nitrogens is 3. The molecule has 0 bridgehead atoms. The molecule has 0 unspecified atom stereocenters. The lowest BCUT2D eigenvalue weighted by molar-refractivity contribution is -0.135. The van der Waals surface area contributed by atoms with Crippen LogP contribution in [0.25, 0.3) is 22.3 Å². The molecule has 4 aromatic rings. The maximum Gasteiger partial charge on any atom is 0.339 e. The van der Waals surface area contributed by atoms with Crippen LogP contribution in [0.4, 0.5) is 0 Å². The second kappa shape index (κ2) is 9.09. The summed E-state index contributed by atoms with van der Waals surface area (Å²) in [5.41, 5.74) is 4.91. The van der Waals surface area contributed by atoms with Gasteiger partial charge in [0, 0.05) is 24.7 Å². The van der Waals surface area contributed by atoms with E-state index in [1.165, 1.54) is 5.56 Å². The van der Waals surface area contributed by atoms with E-state index in [0.717, 1.165) is 17.5 Å². The lowest BCUT2D eigenvalue weighted by Crippen LogP contribution is -2.38. The lowest BCUT2D eigenvalue weighted by atomic mass is 10.00. The Bertz CT molecular complexity index is 1360. The third kappa shape index (κ3) is 4.17. The summed E-state index contributed by atoms with van der Waals surface area (Å²) in [7, 11) is 0. The highest BCUT2D eigenvalue weighted by molar-refractivity contribution is 6.04. The Morgan fingerprint density at radius 2 is 1.76 bits per heavy atom. The SMILES string of the molecule is CC(C)n1ncc2c(C(=O)OCC(=O)N3CCc4ccccc4C3)cc(-c3ccccc3)nc21. The first kappa shape index (κ1) is 21.8. The van der Waals surface area contributed by atoms with Crippen LogP contribution in [0.5, 0.6) is 0 Å². The van der Waals surface area contributed by atoms with Gasteiger partial charge < -0.3 is 9.64 Å². The van der Waals surface area contributed by atoms with E-state index in [0.29, 0.717) is 35.4 Å². The molecule has 1 aliphatic heterocycles. The summed E-state index contributed by atoms with van der Waals surface area (Å²) in [4.78, 5) is 32.5. The zero-order valence-corrected chi connectivity index (χ0v) is 19.3. The van der Waals surface area contributed by atoms with Gasteiger partial charge in [0.1, 0.15) is 0 Å². The number of nitrogens with zero attached hydrogens (tertiary/aromatic N) is 4. The molecule has 0 radical (unpaired) electrons. The third-order valence-corrected chi connectivity index (χ3v) is 6.16. The van der Waals surface area contributed by atoms with Crippen LogP contribution in [0.15, 0.2) is 66.9 Å². The van der Waals surface area contributed by atoms with Crippen LogP contribution < -0.4 is 0 Å². The van der Waals surface area contributed by atoms with E-state index in [1.807, 2.05) is 62.4 Å². The van der Waals surface area contributed by atoms with Gasteiger partial charge in [0.05, 0.1) is 22.8 Å². The van der Waals surface area contributed by atoms with Gasteiger partial charge in [-0.3, -0.25) is 4.79 Å². The predicted molar refractivity (Wildman–Crippen MR) is 129 cm³/mol. The maximum atomic E-state index is 13.1. The molecule has 0 saturated heterocycles. The topological polar surface area (TPSA) is 77.3 Å². The van der Waals surface area contributed by atoms with Crippen LogP contribution >= 0.6 is 0 Å². The van der Waals surface area contributed by atoms with Crippen LogP contribution in [-0.4, -0.2) is 44.7 Å². The van der Waals surface area contributed by atoms with Crippen molar-refractivity contribution in [1.29, 1.82) is 0 Å². The Kier molecular flexibility index (Phi) is 5.84. The molecule has 0 atom stereocenters. The monoisotopic (exact) mass is 454 g/mol. The molecule has 7 heteroatoms. The quantitative estimate of drug-likeness (QED) is 0.417. The minimum atomic E-state index is -0.557. The average molecular weight is 455 g/mol. The fourth-order valence-corrected chi connectivity index (χ4v) is 4.33. The summed E-state index contributed by atoms with van der Waals surface area (Å²) in [6, 6.07) is 19.6. The van der Waals surface area contributed by atoms with Crippen molar-refractivity contribution in [2.75, 3.05) is 13.2 Å². The smallest absolute Gasteiger partial charge is 0.339 e. The van der Waals surface area contributed by atoms with Gasteiger partial charge in [-0.25, -0.2) is 14.5 Å². The van der Waals surface area contributed by atoms with Crippen molar-refractivity contribution >= 4 is 22.9 Å². The normalized spacial score (nSPS) is 13.2. The molecular weight excluding hydrogens is 428 g/mol. The Morgan fingerprint density at radius 1 is 1.03 bits per heavy atom. The lowest BCUT2D eigenvalue weighted by Gasteiger charge is -2.28. The van der Waals surface area contributed by atoms with Gasteiger partial charge in [-0.15, -0.1) is 0 Å². The minimum Gasteiger partial charge on any atom is -0.452 e. The zero-order chi connectivity index (χ0) is 23.7. The fraction of sp³-hybridized carbons (Fsp3) is 0.259. The Balaban J connectivity index is 1.39. The summed E-state index contributed by atoms with van der Waals surface area (Å²) >= 11 is 0. The number of hydrogen-bond donors (Lipinski definition) is 0. The van der Waals surface area contributed by atoms with Gasteiger partial charge in [0.25, 0.3) is 5.91 Å². The molecule has 34 heavy (non-hydrogen) atoms. The number of carbonyl (C=O) groups excluding carboxylic acids is 2. The zero-order valence-electron chi connectivity index (χ0n) is 19.3. The Hall–Kier alpha value is -4.00. The molecule has 172 valence electrons. The molecule has 1 aliphatic rings. The highest BCUT2D eigenvalue weighted by Gasteiger charge is 2.24. The van der Waals surface area contributed by atoms with Crippen LogP contribution in [0.2, 0.25) is 0 Å². The average Bonchev–Trinajstić information content (AvgIpc) is 3.31. The van der Waals surface area contributed by atoms with Gasteiger partial charge in [-0.2, -0.15) is 5.10 Å². The molecule has 5 rings (SSSR count). The van der Waals surface area contributed by atoms with Crippen molar-refractivity contribution < 1.29 is 14.3 Å². The van der Waals surface area contributed by atoms with Crippen LogP contribution in [0, 0.1) is 0 Å². The standard InChI is InChI=1S/C27H26N4O3/c1-18(2)31-26-23(15-28-31)22(14-24(29-26)20-9-4-3-5-10-20)27(33)34-17-25(32)30-13-12-19-8-6-7-11-21(19)16-30/h3-11,14-15,18H,12-13,16-17H2,1-2H3. The highest BCUT2D eigenvalue weighted by atomic mass is 16.5. The molecule has 0 fully saturated rings. The first-order valence-corrected chi connectivity index (χ1v) is 11.5. The van der Waals surface area contributed by atoms with Gasteiger partial charge >= 0.3 is 5.97 Å². The summed E-state index contributed by atoms with van der Waals surface area (Å²) in [6.45, 7) is 4.87. The predicted octanol–water partition coefficient (Wildman–Crippen LogP) is 4.42. The highest BCUT2D eigenvalue weighted by Crippen LogP contribution is 2.27. The molecule has 0 aliphatic carbocycles. The minimum absolute atomic E-state index is 0.0726. The third-order valence-electron chi connectivity index (χ3n) is 6.16. The van der Waals surface area contributed by atoms with E-state index in [4.69, 9.17) is 9.72 Å². The van der Waals surface area contributed by atoms with Crippen molar-refractivity contribution in [3.05, 3.63) is 83.6 Å². The van der Waals surface area contributed by atoms with Crippen molar-refractivity contribution in [1.82, 2.24) is 19.7 Å². The van der Waals surface area contributed by atoms with Gasteiger partial charge in [-0.05, 0) is 37.5 Å². The summed E-state index contributed by atoms with van der Waals surface area (Å²) in [6.07, 6.45) is 2.44. The van der Waals surface area contributed by atoms with E-state index >= 15 is 0 Å². The molecule has 7 nitrogen and oxygen atoms in total. The number of benzene rings is 2. The number of esters is 1. The number of fused-ring (bicyclic) bond motifs is 2. The second-order valence-corrected chi connectivity index (χ2v) is 8.75. The van der Waals surface area contributed by atoms with Crippen LogP contribution in [0.1, 0.15) is 41.4 Å². The molecule has 0 spiro atoms. The largest absolute Gasteiger partial charge is 0.452 e. The van der Waals surface area contributed by atoms with E-state index in [9.17, 15) is 9.59 Å². The van der Waals surface area contributed by atoms with E-state index in [-0.39, 0.29) is 18.6 Å². The second-order valence-electron chi connectivity index (χ2n) is 8.75. The Morgan fingerprint density at radius 3 is 2.53 bits per heavy atom. The first-order chi connectivity index (χ1) is 16.5. The summed E-state index contributed by atoms with van der Waals surface area (Å²) in [5.74, 6) is -0.757. The number of pyridine rings is 1. The van der Waals surface area contributed by atoms with Crippen molar-refractivity contribution in [2.24, 2.45) is 0 Å². The molecule has 0 N–H and O–H groups in total. The van der Waals surface area contributed by atoms with Crippen molar-refractivity contribution in [3.63, 3.8) is 0 Å². The van der Waals surface area contributed by atoms with E-state index < -0.39 is 5.97 Å². The van der Waals surface area contributed by atoms with Crippen molar-refractivity contribution in [3.8, 4) is 11.3 Å². The maximum absolute atomic E-state index is 13.1. The molecule has 1 amide bonds.